The van der Waals surface area contributed by atoms with Crippen LogP contribution in [0.5, 0.6) is 0 Å². The lowest BCUT2D eigenvalue weighted by Gasteiger charge is -2.08. The molecule has 1 amide bonds. The number of hydrogen-bond acceptors (Lipinski definition) is 3. The van der Waals surface area contributed by atoms with Gasteiger partial charge in [0, 0.05) is 12.2 Å². The summed E-state index contributed by atoms with van der Waals surface area (Å²) in [5.74, 6) is -0.131. The molecule has 0 fully saturated rings. The number of nitrogens with one attached hydrogen (secondary N) is 1. The first-order chi connectivity index (χ1) is 7.09. The normalized spacial score (nSPS) is 12.1. The molecule has 0 aromatic heterocycles. The zero-order chi connectivity index (χ0) is 11.3. The van der Waals surface area contributed by atoms with Crippen molar-refractivity contribution in [3.63, 3.8) is 0 Å². The number of carbonyl (C=O) groups excluding carboxylic acids is 1. The second-order valence-corrected chi connectivity index (χ2v) is 3.53. The van der Waals surface area contributed by atoms with Crippen molar-refractivity contribution in [2.45, 2.75) is 19.4 Å². The average molecular weight is 208 g/mol. The molecule has 4 heteroatoms. The lowest BCUT2D eigenvalue weighted by molar-refractivity contribution is -0.120. The molecule has 0 spiro atoms. The number of nitrogen functional groups attached to an aromatic ring is 1. The molecular formula is C11H16N2O2. The van der Waals surface area contributed by atoms with Crippen LogP contribution < -0.4 is 11.1 Å². The first-order valence-corrected chi connectivity index (χ1v) is 4.87. The average Bonchev–Trinajstić information content (AvgIpc) is 2.18. The Hall–Kier alpha value is -1.55. The molecule has 4 N–H and O–H groups in total. The van der Waals surface area contributed by atoms with Crippen LogP contribution >= 0.6 is 0 Å². The van der Waals surface area contributed by atoms with E-state index in [-0.39, 0.29) is 18.9 Å². The van der Waals surface area contributed by atoms with Crippen LogP contribution in [0, 0.1) is 0 Å². The molecule has 1 atom stereocenters. The second-order valence-electron chi connectivity index (χ2n) is 3.53. The molecule has 0 radical (unpaired) electrons. The van der Waals surface area contributed by atoms with E-state index in [1.54, 1.807) is 13.0 Å². The fourth-order valence-electron chi connectivity index (χ4n) is 1.19. The smallest absolute Gasteiger partial charge is 0.224 e. The monoisotopic (exact) mass is 208 g/mol. The Labute approximate surface area is 89.1 Å². The summed E-state index contributed by atoms with van der Waals surface area (Å²) in [4.78, 5) is 11.4. The summed E-state index contributed by atoms with van der Waals surface area (Å²) in [6.45, 7) is 1.89. The van der Waals surface area contributed by atoms with Crippen molar-refractivity contribution in [1.29, 1.82) is 0 Å². The third-order valence-electron chi connectivity index (χ3n) is 2.00. The third-order valence-corrected chi connectivity index (χ3v) is 2.00. The minimum absolute atomic E-state index is 0.131. The van der Waals surface area contributed by atoms with Crippen LogP contribution in [0.25, 0.3) is 0 Å². The van der Waals surface area contributed by atoms with Crippen molar-refractivity contribution in [3.8, 4) is 0 Å². The van der Waals surface area contributed by atoms with E-state index in [2.05, 4.69) is 5.32 Å². The highest BCUT2D eigenvalue weighted by molar-refractivity contribution is 5.80. The Kier molecular flexibility index (Phi) is 4.12. The number of para-hydroxylation sites is 1. The number of rotatable bonds is 4. The van der Waals surface area contributed by atoms with E-state index in [9.17, 15) is 4.79 Å². The summed E-state index contributed by atoms with van der Waals surface area (Å²) < 4.78 is 0. The highest BCUT2D eigenvalue weighted by Gasteiger charge is 2.06. The van der Waals surface area contributed by atoms with Gasteiger partial charge in [0.05, 0.1) is 12.5 Å². The lowest BCUT2D eigenvalue weighted by Crippen LogP contribution is -2.31. The summed E-state index contributed by atoms with van der Waals surface area (Å²) in [5.41, 5.74) is 7.12. The van der Waals surface area contributed by atoms with Crippen molar-refractivity contribution in [2.24, 2.45) is 0 Å². The number of anilines is 1. The van der Waals surface area contributed by atoms with Gasteiger partial charge < -0.3 is 16.2 Å². The number of aliphatic hydroxyl groups excluding tert-OH is 1. The Morgan fingerprint density at radius 2 is 2.20 bits per heavy atom. The number of aliphatic hydroxyl groups is 1. The molecule has 0 unspecified atom stereocenters. The van der Waals surface area contributed by atoms with Crippen LogP contribution in [0.1, 0.15) is 12.5 Å². The highest BCUT2D eigenvalue weighted by Crippen LogP contribution is 2.10. The number of benzene rings is 1. The van der Waals surface area contributed by atoms with Crippen LogP contribution in [0.3, 0.4) is 0 Å². The van der Waals surface area contributed by atoms with Gasteiger partial charge in [-0.25, -0.2) is 0 Å². The third kappa shape index (κ3) is 3.99. The molecule has 0 saturated carbocycles. The van der Waals surface area contributed by atoms with Gasteiger partial charge >= 0.3 is 0 Å². The summed E-state index contributed by atoms with van der Waals surface area (Å²) >= 11 is 0. The van der Waals surface area contributed by atoms with Gasteiger partial charge in [-0.3, -0.25) is 4.79 Å². The molecule has 0 aliphatic carbocycles. The van der Waals surface area contributed by atoms with Gasteiger partial charge in [-0.05, 0) is 18.6 Å². The van der Waals surface area contributed by atoms with E-state index in [0.29, 0.717) is 5.69 Å². The maximum absolute atomic E-state index is 11.4. The minimum atomic E-state index is -0.526. The maximum atomic E-state index is 11.4. The van der Waals surface area contributed by atoms with Crippen LogP contribution in [0.15, 0.2) is 24.3 Å². The molecule has 1 aromatic rings. The van der Waals surface area contributed by atoms with Crippen LogP contribution in [0.4, 0.5) is 5.69 Å². The van der Waals surface area contributed by atoms with E-state index in [1.165, 1.54) is 0 Å². The van der Waals surface area contributed by atoms with Crippen LogP contribution in [-0.2, 0) is 11.2 Å². The maximum Gasteiger partial charge on any atom is 0.224 e. The van der Waals surface area contributed by atoms with E-state index < -0.39 is 6.10 Å². The topological polar surface area (TPSA) is 75.3 Å². The molecule has 1 rings (SSSR count). The largest absolute Gasteiger partial charge is 0.398 e. The molecular weight excluding hydrogens is 192 g/mol. The predicted octanol–water partition coefficient (Wildman–Crippen LogP) is 0.308. The minimum Gasteiger partial charge on any atom is -0.398 e. The van der Waals surface area contributed by atoms with E-state index in [4.69, 9.17) is 10.8 Å². The molecule has 4 nitrogen and oxygen atoms in total. The molecule has 15 heavy (non-hydrogen) atoms. The fraction of sp³-hybridized carbons (Fsp3) is 0.364. The van der Waals surface area contributed by atoms with E-state index in [1.807, 2.05) is 18.2 Å². The SMILES string of the molecule is C[C@@H](O)CNC(=O)Cc1ccccc1N. The number of hydrogen-bond donors (Lipinski definition) is 3. The van der Waals surface area contributed by atoms with Crippen molar-refractivity contribution in [3.05, 3.63) is 29.8 Å². The van der Waals surface area contributed by atoms with E-state index >= 15 is 0 Å². The van der Waals surface area contributed by atoms with Gasteiger partial charge in [-0.15, -0.1) is 0 Å². The molecule has 0 saturated heterocycles. The summed E-state index contributed by atoms with van der Waals surface area (Å²) in [6, 6.07) is 7.24. The molecule has 0 aliphatic rings. The van der Waals surface area contributed by atoms with Gasteiger partial charge in [0.25, 0.3) is 0 Å². The van der Waals surface area contributed by atoms with Gasteiger partial charge in [-0.1, -0.05) is 18.2 Å². The summed E-state index contributed by atoms with van der Waals surface area (Å²) in [5, 5.41) is 11.6. The molecule has 0 heterocycles. The van der Waals surface area contributed by atoms with Crippen molar-refractivity contribution in [2.75, 3.05) is 12.3 Å². The first-order valence-electron chi connectivity index (χ1n) is 4.87. The van der Waals surface area contributed by atoms with Gasteiger partial charge in [0.1, 0.15) is 0 Å². The highest BCUT2D eigenvalue weighted by atomic mass is 16.3. The molecule has 82 valence electrons. The van der Waals surface area contributed by atoms with Gasteiger partial charge in [0.15, 0.2) is 0 Å². The Morgan fingerprint density at radius 3 is 2.80 bits per heavy atom. The second kappa shape index (κ2) is 5.36. The Balaban J connectivity index is 2.48. The Bertz CT molecular complexity index is 337. The quantitative estimate of drug-likeness (QED) is 0.623. The summed E-state index contributed by atoms with van der Waals surface area (Å²) in [7, 11) is 0. The van der Waals surface area contributed by atoms with Crippen LogP contribution in [-0.4, -0.2) is 23.7 Å². The lowest BCUT2D eigenvalue weighted by atomic mass is 10.1. The Morgan fingerprint density at radius 1 is 1.53 bits per heavy atom. The van der Waals surface area contributed by atoms with Crippen molar-refractivity contribution >= 4 is 11.6 Å². The van der Waals surface area contributed by atoms with E-state index in [0.717, 1.165) is 5.56 Å². The predicted molar refractivity (Wildman–Crippen MR) is 59.2 cm³/mol. The van der Waals surface area contributed by atoms with Gasteiger partial charge in [-0.2, -0.15) is 0 Å². The number of carbonyl (C=O) groups is 1. The standard InChI is InChI=1S/C11H16N2O2/c1-8(14)7-13-11(15)6-9-4-2-3-5-10(9)12/h2-5,8,14H,6-7,12H2,1H3,(H,13,15)/t8-/m1/s1. The zero-order valence-electron chi connectivity index (χ0n) is 8.73. The summed E-state index contributed by atoms with van der Waals surface area (Å²) in [6.07, 6.45) is -0.276. The number of nitrogens with two attached hydrogens (primary N) is 1. The van der Waals surface area contributed by atoms with Crippen molar-refractivity contribution in [1.82, 2.24) is 5.32 Å². The first kappa shape index (κ1) is 11.5. The van der Waals surface area contributed by atoms with Crippen LogP contribution in [0.2, 0.25) is 0 Å². The van der Waals surface area contributed by atoms with Crippen molar-refractivity contribution < 1.29 is 9.90 Å². The van der Waals surface area contributed by atoms with Gasteiger partial charge in [0.2, 0.25) is 5.91 Å². The number of amides is 1. The zero-order valence-corrected chi connectivity index (χ0v) is 8.73. The molecule has 0 aliphatic heterocycles. The fourth-order valence-corrected chi connectivity index (χ4v) is 1.19. The molecule has 1 aromatic carbocycles. The molecule has 0 bridgehead atoms.